The van der Waals surface area contributed by atoms with Gasteiger partial charge >= 0.3 is 0 Å². The summed E-state index contributed by atoms with van der Waals surface area (Å²) in [6, 6.07) is 7.88. The molecule has 35 heavy (non-hydrogen) atoms. The van der Waals surface area contributed by atoms with Gasteiger partial charge in [-0.3, -0.25) is 9.59 Å². The van der Waals surface area contributed by atoms with Crippen LogP contribution in [0.4, 0.5) is 25.8 Å². The molecule has 10 heteroatoms. The molecule has 1 aromatic heterocycles. The van der Waals surface area contributed by atoms with E-state index in [9.17, 15) is 18.4 Å². The van der Waals surface area contributed by atoms with E-state index in [0.29, 0.717) is 50.8 Å². The Morgan fingerprint density at radius 2 is 1.63 bits per heavy atom. The van der Waals surface area contributed by atoms with Crippen molar-refractivity contribution >= 4 is 33.9 Å². The van der Waals surface area contributed by atoms with Crippen molar-refractivity contribution in [3.05, 3.63) is 64.0 Å². The van der Waals surface area contributed by atoms with Crippen LogP contribution >= 0.6 is 0 Å². The maximum absolute atomic E-state index is 14.7. The number of morpholine rings is 1. The van der Waals surface area contributed by atoms with Crippen molar-refractivity contribution in [1.82, 2.24) is 4.90 Å². The number of rotatable bonds is 4. The maximum Gasteiger partial charge on any atom is 0.291 e. The first-order valence-corrected chi connectivity index (χ1v) is 11.5. The smallest absolute Gasteiger partial charge is 0.291 e. The van der Waals surface area contributed by atoms with Crippen LogP contribution in [-0.4, -0.2) is 70.3 Å². The number of hydrogen-bond acceptors (Lipinski definition) is 7. The average Bonchev–Trinajstić information content (AvgIpc) is 2.85. The first-order valence-electron chi connectivity index (χ1n) is 11.5. The highest BCUT2D eigenvalue weighted by Crippen LogP contribution is 2.29. The lowest BCUT2D eigenvalue weighted by Gasteiger charge is -2.34. The van der Waals surface area contributed by atoms with Gasteiger partial charge in [-0.15, -0.1) is 0 Å². The fraction of sp³-hybridized carbons (Fsp3) is 0.360. The van der Waals surface area contributed by atoms with E-state index in [1.165, 1.54) is 12.1 Å². The lowest BCUT2D eigenvalue weighted by Crippen LogP contribution is -2.44. The summed E-state index contributed by atoms with van der Waals surface area (Å²) in [6.45, 7) is 5.02. The molecule has 0 bridgehead atoms. The lowest BCUT2D eigenvalue weighted by molar-refractivity contribution is 0.0997. The minimum absolute atomic E-state index is 0.0661. The predicted octanol–water partition coefficient (Wildman–Crippen LogP) is 2.91. The Labute approximate surface area is 200 Å². The van der Waals surface area contributed by atoms with Gasteiger partial charge in [0.05, 0.1) is 30.0 Å². The highest BCUT2D eigenvalue weighted by Gasteiger charge is 2.22. The summed E-state index contributed by atoms with van der Waals surface area (Å²) < 4.78 is 40.2. The van der Waals surface area contributed by atoms with E-state index in [0.717, 1.165) is 25.2 Å². The third kappa shape index (κ3) is 4.85. The lowest BCUT2D eigenvalue weighted by atomic mass is 10.1. The molecule has 0 spiro atoms. The first kappa shape index (κ1) is 23.3. The number of carbonyl (C=O) groups excluding carboxylic acids is 1. The van der Waals surface area contributed by atoms with Crippen molar-refractivity contribution in [2.24, 2.45) is 0 Å². The number of nitrogens with zero attached hydrogens (tertiary/aromatic N) is 3. The van der Waals surface area contributed by atoms with Crippen molar-refractivity contribution in [1.29, 1.82) is 0 Å². The Bertz CT molecular complexity index is 1310. The van der Waals surface area contributed by atoms with E-state index >= 15 is 0 Å². The quantitative estimate of drug-likeness (QED) is 0.612. The van der Waals surface area contributed by atoms with Crippen molar-refractivity contribution in [2.75, 3.05) is 74.6 Å². The molecule has 2 saturated heterocycles. The standard InChI is InChI=1S/C25H26F2N4O4/c1-29-4-6-30(7-5-29)21-13-16(26)12-18-22(32)15-23(35-24(18)21)25(33)28-17-2-3-20(19(27)14-17)31-8-10-34-11-9-31/h2-3,12-15H,4-11H2,1H3,(H,28,33)/i1-1. The number of amides is 1. The zero-order valence-electron chi connectivity index (χ0n) is 19.4. The minimum atomic E-state index is -0.698. The molecule has 3 heterocycles. The topological polar surface area (TPSA) is 78.3 Å². The molecule has 3 aromatic rings. The van der Waals surface area contributed by atoms with Gasteiger partial charge in [0.15, 0.2) is 16.8 Å². The second-order valence-corrected chi connectivity index (χ2v) is 8.79. The SMILES string of the molecule is [11CH3]N1CCN(c2cc(F)cc3c(=O)cc(C(=O)Nc4ccc(N5CCOCC5)c(F)c4)oc23)CC1. The number of fused-ring (bicyclic) bond motifs is 1. The van der Waals surface area contributed by atoms with Gasteiger partial charge in [-0.1, -0.05) is 0 Å². The van der Waals surface area contributed by atoms with Crippen LogP contribution in [0.5, 0.6) is 0 Å². The maximum atomic E-state index is 14.7. The van der Waals surface area contributed by atoms with Crippen molar-refractivity contribution in [3.63, 3.8) is 0 Å². The second kappa shape index (κ2) is 9.63. The summed E-state index contributed by atoms with van der Waals surface area (Å²) in [4.78, 5) is 31.6. The van der Waals surface area contributed by atoms with E-state index in [4.69, 9.17) is 9.15 Å². The summed E-state index contributed by atoms with van der Waals surface area (Å²) in [5.74, 6) is -1.96. The van der Waals surface area contributed by atoms with Crippen LogP contribution in [0.2, 0.25) is 0 Å². The molecule has 2 aliphatic heterocycles. The molecular weight excluding hydrogens is 457 g/mol. The van der Waals surface area contributed by atoms with E-state index in [-0.39, 0.29) is 22.4 Å². The number of likely N-dealkylation sites (N-methyl/N-ethyl adjacent to an activating group) is 1. The summed E-state index contributed by atoms with van der Waals surface area (Å²) in [7, 11) is 2.00. The number of anilines is 3. The van der Waals surface area contributed by atoms with Gasteiger partial charge in [0.1, 0.15) is 11.6 Å². The van der Waals surface area contributed by atoms with Gasteiger partial charge < -0.3 is 29.2 Å². The van der Waals surface area contributed by atoms with E-state index in [2.05, 4.69) is 10.2 Å². The number of nitrogens with one attached hydrogen (secondary N) is 1. The number of carbonyl (C=O) groups is 1. The number of halogens is 2. The third-order valence-corrected chi connectivity index (χ3v) is 6.40. The Hall–Kier alpha value is -3.50. The van der Waals surface area contributed by atoms with Crippen LogP contribution in [0.1, 0.15) is 10.6 Å². The Balaban J connectivity index is 1.43. The minimum Gasteiger partial charge on any atom is -0.448 e. The monoisotopic (exact) mass is 483 g/mol. The van der Waals surface area contributed by atoms with Gasteiger partial charge in [0, 0.05) is 57.1 Å². The van der Waals surface area contributed by atoms with Crippen LogP contribution in [0.15, 0.2) is 45.6 Å². The highest BCUT2D eigenvalue weighted by atomic mass is 19.1. The number of piperazine rings is 1. The van der Waals surface area contributed by atoms with Gasteiger partial charge in [-0.2, -0.15) is 0 Å². The van der Waals surface area contributed by atoms with Crippen LogP contribution in [-0.2, 0) is 4.74 Å². The summed E-state index contributed by atoms with van der Waals surface area (Å²) >= 11 is 0. The van der Waals surface area contributed by atoms with Gasteiger partial charge in [-0.25, -0.2) is 8.78 Å². The molecule has 0 unspecified atom stereocenters. The highest BCUT2D eigenvalue weighted by molar-refractivity contribution is 6.03. The van der Waals surface area contributed by atoms with Crippen LogP contribution in [0, 0.1) is 11.6 Å². The molecule has 2 aliphatic rings. The normalized spacial score (nSPS) is 17.1. The van der Waals surface area contributed by atoms with Crippen molar-refractivity contribution in [2.45, 2.75) is 0 Å². The number of benzene rings is 2. The van der Waals surface area contributed by atoms with Crippen molar-refractivity contribution in [3.8, 4) is 0 Å². The molecule has 1 amide bonds. The fourth-order valence-corrected chi connectivity index (χ4v) is 4.44. The molecule has 0 radical (unpaired) electrons. The number of ether oxygens (including phenoxy) is 1. The molecule has 2 aromatic carbocycles. The molecule has 5 rings (SSSR count). The molecule has 0 saturated carbocycles. The second-order valence-electron chi connectivity index (χ2n) is 8.79. The molecule has 0 aliphatic carbocycles. The molecule has 1 N–H and O–H groups in total. The van der Waals surface area contributed by atoms with E-state index < -0.39 is 23.0 Å². The Morgan fingerprint density at radius 1 is 0.914 bits per heavy atom. The van der Waals surface area contributed by atoms with Gasteiger partial charge in [0.2, 0.25) is 0 Å². The molecular formula is C25H26F2N4O4. The Morgan fingerprint density at radius 3 is 2.34 bits per heavy atom. The third-order valence-electron chi connectivity index (χ3n) is 6.40. The van der Waals surface area contributed by atoms with Crippen LogP contribution < -0.4 is 20.5 Å². The zero-order valence-corrected chi connectivity index (χ0v) is 19.4. The summed E-state index contributed by atoms with van der Waals surface area (Å²) in [5, 5.41) is 2.65. The predicted molar refractivity (Wildman–Crippen MR) is 130 cm³/mol. The fourth-order valence-electron chi connectivity index (χ4n) is 4.44. The molecule has 8 nitrogen and oxygen atoms in total. The zero-order chi connectivity index (χ0) is 24.5. The molecule has 2 fully saturated rings. The van der Waals surface area contributed by atoms with Crippen molar-refractivity contribution < 1.29 is 22.7 Å². The van der Waals surface area contributed by atoms with Crippen LogP contribution in [0.25, 0.3) is 11.0 Å². The largest absolute Gasteiger partial charge is 0.448 e. The van der Waals surface area contributed by atoms with E-state index in [1.54, 1.807) is 12.1 Å². The van der Waals surface area contributed by atoms with Crippen LogP contribution in [0.3, 0.4) is 0 Å². The van der Waals surface area contributed by atoms with Gasteiger partial charge in [-0.05, 0) is 31.3 Å². The summed E-state index contributed by atoms with van der Waals surface area (Å²) in [5.41, 5.74) is 0.719. The van der Waals surface area contributed by atoms with E-state index in [1.807, 2.05) is 16.8 Å². The Kier molecular flexibility index (Phi) is 6.40. The average molecular weight is 484 g/mol. The number of hydrogen-bond donors (Lipinski definition) is 1. The molecule has 184 valence electrons. The first-order chi connectivity index (χ1) is 16.9. The summed E-state index contributed by atoms with van der Waals surface area (Å²) in [6.07, 6.45) is 0. The molecule has 0 atom stereocenters. The van der Waals surface area contributed by atoms with Gasteiger partial charge in [0.25, 0.3) is 5.91 Å².